The van der Waals surface area contributed by atoms with E-state index in [0.29, 0.717) is 25.9 Å². The Bertz CT molecular complexity index is 352. The summed E-state index contributed by atoms with van der Waals surface area (Å²) in [6.07, 6.45) is 1.21. The Balaban J connectivity index is 2.38. The highest BCUT2D eigenvalue weighted by atomic mass is 35.5. The Morgan fingerprint density at radius 1 is 1.47 bits per heavy atom. The first-order valence-corrected chi connectivity index (χ1v) is 7.50. The summed E-state index contributed by atoms with van der Waals surface area (Å²) >= 11 is 5.30. The predicted molar refractivity (Wildman–Crippen MR) is 64.3 cm³/mol. The van der Waals surface area contributed by atoms with Gasteiger partial charge in [-0.25, -0.2) is 13.1 Å². The van der Waals surface area contributed by atoms with Crippen LogP contribution in [-0.4, -0.2) is 57.3 Å². The van der Waals surface area contributed by atoms with Crippen LogP contribution in [0.3, 0.4) is 0 Å². The summed E-state index contributed by atoms with van der Waals surface area (Å²) in [5, 5.41) is -0.435. The third-order valence-electron chi connectivity index (χ3n) is 2.61. The maximum atomic E-state index is 11.5. The summed E-state index contributed by atoms with van der Waals surface area (Å²) in [5.74, 6) is -0.0637. The molecule has 6 nitrogen and oxygen atoms in total. The fourth-order valence-corrected chi connectivity index (χ4v) is 2.74. The van der Waals surface area contributed by atoms with Gasteiger partial charge in [0.1, 0.15) is 11.8 Å². The third kappa shape index (κ3) is 4.79. The molecule has 0 aromatic carbocycles. The summed E-state index contributed by atoms with van der Waals surface area (Å²) in [4.78, 5) is 13.2. The van der Waals surface area contributed by atoms with E-state index in [1.165, 1.54) is 7.11 Å². The average molecular weight is 285 g/mol. The van der Waals surface area contributed by atoms with Crippen LogP contribution in [-0.2, 0) is 19.6 Å². The zero-order chi connectivity index (χ0) is 12.9. The normalized spacial score (nSPS) is 18.4. The lowest BCUT2D eigenvalue weighted by Gasteiger charge is -2.31. The quantitative estimate of drug-likeness (QED) is 0.706. The minimum absolute atomic E-state index is 0.0637. The average Bonchev–Trinajstić information content (AvgIpc) is 2.30. The maximum Gasteiger partial charge on any atom is 0.248 e. The van der Waals surface area contributed by atoms with Crippen LogP contribution in [0.2, 0.25) is 0 Å². The van der Waals surface area contributed by atoms with E-state index in [-0.39, 0.29) is 18.6 Å². The Kier molecular flexibility index (Phi) is 5.64. The van der Waals surface area contributed by atoms with Gasteiger partial charge in [-0.15, -0.1) is 11.6 Å². The highest BCUT2D eigenvalue weighted by Gasteiger charge is 2.25. The number of rotatable bonds is 5. The van der Waals surface area contributed by atoms with Crippen molar-refractivity contribution in [3.05, 3.63) is 0 Å². The molecule has 0 aliphatic carbocycles. The summed E-state index contributed by atoms with van der Waals surface area (Å²) < 4.78 is 29.8. The topological polar surface area (TPSA) is 75.7 Å². The molecule has 100 valence electrons. The molecular weight excluding hydrogens is 268 g/mol. The molecule has 1 saturated heterocycles. The van der Waals surface area contributed by atoms with Gasteiger partial charge < -0.3 is 9.64 Å². The number of carbonyl (C=O) groups is 1. The SMILES string of the molecule is COCC(=O)N1CCC(NS(=O)(=O)CCl)CC1. The van der Waals surface area contributed by atoms with Crippen molar-refractivity contribution in [3.8, 4) is 0 Å². The summed E-state index contributed by atoms with van der Waals surface area (Å²) in [6, 6.07) is -0.134. The molecule has 0 aromatic heterocycles. The summed E-state index contributed by atoms with van der Waals surface area (Å²) in [5.41, 5.74) is 0. The molecular formula is C9H17ClN2O4S. The van der Waals surface area contributed by atoms with Crippen molar-refractivity contribution in [1.82, 2.24) is 9.62 Å². The number of piperidine rings is 1. The van der Waals surface area contributed by atoms with Gasteiger partial charge in [0, 0.05) is 26.2 Å². The van der Waals surface area contributed by atoms with Gasteiger partial charge in [0.2, 0.25) is 15.9 Å². The molecule has 0 saturated carbocycles. The maximum absolute atomic E-state index is 11.5. The zero-order valence-electron chi connectivity index (χ0n) is 9.69. The molecule has 0 aromatic rings. The highest BCUT2D eigenvalue weighted by Crippen LogP contribution is 2.11. The van der Waals surface area contributed by atoms with Crippen molar-refractivity contribution in [2.45, 2.75) is 18.9 Å². The number of hydrogen-bond acceptors (Lipinski definition) is 4. The molecule has 0 unspecified atom stereocenters. The fraction of sp³-hybridized carbons (Fsp3) is 0.889. The van der Waals surface area contributed by atoms with E-state index >= 15 is 0 Å². The largest absolute Gasteiger partial charge is 0.375 e. The smallest absolute Gasteiger partial charge is 0.248 e. The molecule has 8 heteroatoms. The number of carbonyl (C=O) groups excluding carboxylic acids is 1. The van der Waals surface area contributed by atoms with E-state index in [1.54, 1.807) is 4.90 Å². The van der Waals surface area contributed by atoms with Crippen LogP contribution in [0, 0.1) is 0 Å². The fourth-order valence-electron chi connectivity index (χ4n) is 1.75. The molecule has 1 heterocycles. The molecule has 1 aliphatic rings. The number of amides is 1. The van der Waals surface area contributed by atoms with Gasteiger partial charge in [0.15, 0.2) is 0 Å². The first-order chi connectivity index (χ1) is 7.98. The minimum Gasteiger partial charge on any atom is -0.375 e. The lowest BCUT2D eigenvalue weighted by Crippen LogP contribution is -2.47. The van der Waals surface area contributed by atoms with Crippen LogP contribution in [0.1, 0.15) is 12.8 Å². The third-order valence-corrected chi connectivity index (χ3v) is 4.45. The van der Waals surface area contributed by atoms with Gasteiger partial charge in [-0.05, 0) is 12.8 Å². The highest BCUT2D eigenvalue weighted by molar-refractivity contribution is 7.90. The van der Waals surface area contributed by atoms with E-state index < -0.39 is 15.2 Å². The van der Waals surface area contributed by atoms with Crippen LogP contribution in [0.5, 0.6) is 0 Å². The molecule has 0 radical (unpaired) electrons. The number of alkyl halides is 1. The molecule has 0 atom stereocenters. The molecule has 1 aliphatic heterocycles. The zero-order valence-corrected chi connectivity index (χ0v) is 11.3. The Hall–Kier alpha value is -0.370. The standard InChI is InChI=1S/C9H17ClN2O4S/c1-16-6-9(13)12-4-2-8(3-5-12)11-17(14,15)7-10/h8,11H,2-7H2,1H3. The van der Waals surface area contributed by atoms with E-state index in [4.69, 9.17) is 16.3 Å². The van der Waals surface area contributed by atoms with E-state index in [1.807, 2.05) is 0 Å². The second kappa shape index (κ2) is 6.53. The first-order valence-electron chi connectivity index (χ1n) is 5.31. The minimum atomic E-state index is -3.38. The first kappa shape index (κ1) is 14.7. The van der Waals surface area contributed by atoms with Crippen LogP contribution in [0.15, 0.2) is 0 Å². The van der Waals surface area contributed by atoms with Gasteiger partial charge >= 0.3 is 0 Å². The van der Waals surface area contributed by atoms with Crippen molar-refractivity contribution < 1.29 is 17.9 Å². The number of sulfonamides is 1. The number of nitrogens with zero attached hydrogens (tertiary/aromatic N) is 1. The number of ether oxygens (including phenoxy) is 1. The van der Waals surface area contributed by atoms with Crippen molar-refractivity contribution in [1.29, 1.82) is 0 Å². The summed E-state index contributed by atoms with van der Waals surface area (Å²) in [7, 11) is -1.91. The summed E-state index contributed by atoms with van der Waals surface area (Å²) in [6.45, 7) is 1.15. The van der Waals surface area contributed by atoms with Gasteiger partial charge in [-0.1, -0.05) is 0 Å². The van der Waals surface area contributed by atoms with Gasteiger partial charge in [-0.2, -0.15) is 0 Å². The molecule has 1 rings (SSSR count). The second-order valence-corrected chi connectivity index (χ2v) is 6.27. The molecule has 1 N–H and O–H groups in total. The van der Waals surface area contributed by atoms with Gasteiger partial charge in [-0.3, -0.25) is 4.79 Å². The predicted octanol–water partition coefficient (Wildman–Crippen LogP) is -0.260. The van der Waals surface area contributed by atoms with E-state index in [9.17, 15) is 13.2 Å². The molecule has 1 fully saturated rings. The van der Waals surface area contributed by atoms with E-state index in [0.717, 1.165) is 0 Å². The van der Waals surface area contributed by atoms with Crippen molar-refractivity contribution in [3.63, 3.8) is 0 Å². The van der Waals surface area contributed by atoms with Crippen molar-refractivity contribution in [2.24, 2.45) is 0 Å². The van der Waals surface area contributed by atoms with E-state index in [2.05, 4.69) is 4.72 Å². The number of nitrogens with one attached hydrogen (secondary N) is 1. The number of likely N-dealkylation sites (tertiary alicyclic amines) is 1. The van der Waals surface area contributed by atoms with Crippen LogP contribution < -0.4 is 4.72 Å². The lowest BCUT2D eigenvalue weighted by molar-refractivity contribution is -0.136. The molecule has 1 amide bonds. The van der Waals surface area contributed by atoms with Crippen LogP contribution in [0.25, 0.3) is 0 Å². The monoisotopic (exact) mass is 284 g/mol. The number of hydrogen-bond donors (Lipinski definition) is 1. The lowest BCUT2D eigenvalue weighted by atomic mass is 10.1. The Morgan fingerprint density at radius 3 is 2.53 bits per heavy atom. The van der Waals surface area contributed by atoms with Crippen molar-refractivity contribution in [2.75, 3.05) is 32.0 Å². The molecule has 0 bridgehead atoms. The number of halogens is 1. The number of methoxy groups -OCH3 is 1. The molecule has 17 heavy (non-hydrogen) atoms. The van der Waals surface area contributed by atoms with Crippen molar-refractivity contribution >= 4 is 27.5 Å². The second-order valence-electron chi connectivity index (χ2n) is 3.93. The van der Waals surface area contributed by atoms with Gasteiger partial charge in [0.25, 0.3) is 0 Å². The molecule has 0 spiro atoms. The Labute approximate surface area is 106 Å². The van der Waals surface area contributed by atoms with Gasteiger partial charge in [0.05, 0.1) is 0 Å². The van der Waals surface area contributed by atoms with Crippen LogP contribution >= 0.6 is 11.6 Å². The Morgan fingerprint density at radius 2 is 2.06 bits per heavy atom. The van der Waals surface area contributed by atoms with Crippen LogP contribution in [0.4, 0.5) is 0 Å².